The monoisotopic (exact) mass is 506 g/mol. The zero-order chi connectivity index (χ0) is 26.1. The zero-order valence-corrected chi connectivity index (χ0v) is 21.1. The van der Waals surface area contributed by atoms with Gasteiger partial charge in [0, 0.05) is 32.8 Å². The highest BCUT2D eigenvalue weighted by Crippen LogP contribution is 2.42. The second-order valence-electron chi connectivity index (χ2n) is 10.1. The Bertz CT molecular complexity index is 1270. The lowest BCUT2D eigenvalue weighted by molar-refractivity contribution is -0.125. The van der Waals surface area contributed by atoms with Crippen molar-refractivity contribution in [2.45, 2.75) is 50.0 Å². The molecule has 5 rings (SSSR count). The van der Waals surface area contributed by atoms with Gasteiger partial charge in [-0.05, 0) is 41.5 Å². The van der Waals surface area contributed by atoms with E-state index in [9.17, 15) is 13.6 Å². The Balaban J connectivity index is 1.36. The number of alkyl halides is 1. The summed E-state index contributed by atoms with van der Waals surface area (Å²) < 4.78 is 31.2. The second kappa shape index (κ2) is 10.3. The summed E-state index contributed by atoms with van der Waals surface area (Å²) in [6, 6.07) is 13.4. The third kappa shape index (κ3) is 5.50. The molecule has 0 spiro atoms. The lowest BCUT2D eigenvalue weighted by atomic mass is 9.96. The summed E-state index contributed by atoms with van der Waals surface area (Å²) in [5, 5.41) is 11.3. The molecule has 194 valence electrons. The van der Waals surface area contributed by atoms with Gasteiger partial charge >= 0.3 is 0 Å². The van der Waals surface area contributed by atoms with Gasteiger partial charge in [0.05, 0.1) is 18.8 Å². The Labute approximate surface area is 215 Å². The van der Waals surface area contributed by atoms with Crippen molar-refractivity contribution in [3.05, 3.63) is 89.5 Å². The van der Waals surface area contributed by atoms with Crippen molar-refractivity contribution < 1.29 is 13.6 Å². The van der Waals surface area contributed by atoms with Gasteiger partial charge in [-0.25, -0.2) is 13.5 Å². The van der Waals surface area contributed by atoms with Crippen molar-refractivity contribution in [3.8, 4) is 0 Å². The number of halogens is 2. The number of aromatic nitrogens is 3. The molecule has 0 radical (unpaired) electrons. The van der Waals surface area contributed by atoms with Gasteiger partial charge in [-0.2, -0.15) is 0 Å². The summed E-state index contributed by atoms with van der Waals surface area (Å²) in [5.74, 6) is 0.406. The van der Waals surface area contributed by atoms with Gasteiger partial charge in [0.2, 0.25) is 5.91 Å². The minimum Gasteiger partial charge on any atom is -0.360 e. The molecule has 1 aromatic heterocycles. The average molecular weight is 507 g/mol. The minimum atomic E-state index is -1.16. The molecule has 3 aromatic rings. The van der Waals surface area contributed by atoms with E-state index in [1.807, 2.05) is 61.5 Å². The van der Waals surface area contributed by atoms with Crippen LogP contribution in [0.5, 0.6) is 0 Å². The van der Waals surface area contributed by atoms with Gasteiger partial charge in [-0.3, -0.25) is 4.79 Å². The summed E-state index contributed by atoms with van der Waals surface area (Å²) >= 11 is 0. The predicted molar refractivity (Wildman–Crippen MR) is 138 cm³/mol. The van der Waals surface area contributed by atoms with Gasteiger partial charge in [-0.15, -0.1) is 5.10 Å². The summed E-state index contributed by atoms with van der Waals surface area (Å²) in [5.41, 5.74) is 2.78. The van der Waals surface area contributed by atoms with Gasteiger partial charge < -0.3 is 15.1 Å². The van der Waals surface area contributed by atoms with Crippen molar-refractivity contribution >= 4 is 11.7 Å². The summed E-state index contributed by atoms with van der Waals surface area (Å²) in [6.45, 7) is 4.48. The fraction of sp³-hybridized carbons (Fsp3) is 0.393. The first-order valence-electron chi connectivity index (χ1n) is 12.6. The van der Waals surface area contributed by atoms with Gasteiger partial charge in [0.1, 0.15) is 18.0 Å². The van der Waals surface area contributed by atoms with Crippen molar-refractivity contribution in [1.29, 1.82) is 0 Å². The molecule has 3 atom stereocenters. The third-order valence-corrected chi connectivity index (χ3v) is 7.08. The Kier molecular flexibility index (Phi) is 6.95. The van der Waals surface area contributed by atoms with E-state index in [0.29, 0.717) is 17.1 Å². The van der Waals surface area contributed by atoms with E-state index in [1.165, 1.54) is 6.07 Å². The Morgan fingerprint density at radius 1 is 1.19 bits per heavy atom. The molecule has 1 N–H and O–H groups in total. The van der Waals surface area contributed by atoms with Crippen LogP contribution in [0.3, 0.4) is 0 Å². The number of nitrogens with zero attached hydrogens (tertiary/aromatic N) is 5. The highest BCUT2D eigenvalue weighted by atomic mass is 19.1. The fourth-order valence-corrected chi connectivity index (χ4v) is 4.92. The number of nitrogens with one attached hydrogen (secondary N) is 1. The van der Waals surface area contributed by atoms with Crippen LogP contribution in [-0.2, 0) is 11.3 Å². The standard InChI is InChI=1S/C28H32F2N6O/c1-18(15-35-17-26(32-33-35)34(2)3)36-16-22(29)14-25(36)28(37)31-27(20-7-5-4-6-8-20)21-11-12-23(19-9-10-19)24(30)13-21/h4-8,11-13,17,19,22,25,27H,1,9-10,14-16H2,2-3H3,(H,31,37)/t22-,25+,27+/m1/s1. The molecule has 2 heterocycles. The van der Waals surface area contributed by atoms with Gasteiger partial charge in [-0.1, -0.05) is 54.3 Å². The molecule has 2 aliphatic rings. The van der Waals surface area contributed by atoms with Crippen molar-refractivity contribution in [1.82, 2.24) is 25.2 Å². The molecule has 1 amide bonds. The largest absolute Gasteiger partial charge is 0.360 e. The molecule has 1 saturated carbocycles. The van der Waals surface area contributed by atoms with E-state index < -0.39 is 18.3 Å². The molecule has 1 saturated heterocycles. The smallest absolute Gasteiger partial charge is 0.243 e. The summed E-state index contributed by atoms with van der Waals surface area (Å²) in [4.78, 5) is 17.1. The lowest BCUT2D eigenvalue weighted by Gasteiger charge is -2.29. The summed E-state index contributed by atoms with van der Waals surface area (Å²) in [7, 11) is 3.73. The third-order valence-electron chi connectivity index (χ3n) is 7.08. The van der Waals surface area contributed by atoms with Crippen LogP contribution in [0.15, 0.2) is 67.0 Å². The number of rotatable bonds is 9. The molecular formula is C28H32F2N6O. The molecule has 0 bridgehead atoms. The Morgan fingerprint density at radius 3 is 2.59 bits per heavy atom. The highest BCUT2D eigenvalue weighted by Gasteiger charge is 2.39. The quantitative estimate of drug-likeness (QED) is 0.472. The van der Waals surface area contributed by atoms with Gasteiger partial charge in [0.25, 0.3) is 0 Å². The number of hydrogen-bond acceptors (Lipinski definition) is 5. The molecule has 0 unspecified atom stereocenters. The second-order valence-corrected chi connectivity index (χ2v) is 10.1. The van der Waals surface area contributed by atoms with Crippen molar-refractivity contribution in [2.24, 2.45) is 0 Å². The van der Waals surface area contributed by atoms with E-state index in [1.54, 1.807) is 15.8 Å². The minimum absolute atomic E-state index is 0.0572. The molecule has 2 aromatic carbocycles. The molecule has 7 nitrogen and oxygen atoms in total. The van der Waals surface area contributed by atoms with Crippen molar-refractivity contribution in [3.63, 3.8) is 0 Å². The first-order valence-corrected chi connectivity index (χ1v) is 12.6. The highest BCUT2D eigenvalue weighted by molar-refractivity contribution is 5.83. The molecule has 37 heavy (non-hydrogen) atoms. The van der Waals surface area contributed by atoms with E-state index in [2.05, 4.69) is 22.2 Å². The Hall–Kier alpha value is -3.75. The van der Waals surface area contributed by atoms with Crippen LogP contribution in [0, 0.1) is 5.82 Å². The van der Waals surface area contributed by atoms with Crippen LogP contribution in [0.25, 0.3) is 0 Å². The van der Waals surface area contributed by atoms with Crippen LogP contribution in [0.2, 0.25) is 0 Å². The number of carbonyl (C=O) groups is 1. The first kappa shape index (κ1) is 24.9. The topological polar surface area (TPSA) is 66.3 Å². The normalized spacial score (nSPS) is 20.1. The lowest BCUT2D eigenvalue weighted by Crippen LogP contribution is -2.44. The van der Waals surface area contributed by atoms with E-state index in [-0.39, 0.29) is 37.2 Å². The maximum Gasteiger partial charge on any atom is 0.243 e. The number of likely N-dealkylation sites (tertiary alicyclic amines) is 1. The number of allylic oxidation sites excluding steroid dienone is 1. The van der Waals surface area contributed by atoms with Crippen LogP contribution in [0.1, 0.15) is 47.9 Å². The van der Waals surface area contributed by atoms with Crippen LogP contribution < -0.4 is 10.2 Å². The maximum absolute atomic E-state index is 14.9. The molecular weight excluding hydrogens is 474 g/mol. The number of amides is 1. The van der Waals surface area contributed by atoms with Crippen LogP contribution >= 0.6 is 0 Å². The SMILES string of the molecule is C=C(Cn1cc(N(C)C)nn1)N1C[C@H](F)C[C@H]1C(=O)N[C@@H](c1ccccc1)c1ccc(C2CC2)c(F)c1. The molecule has 1 aliphatic heterocycles. The molecule has 2 fully saturated rings. The van der Waals surface area contributed by atoms with E-state index in [4.69, 9.17) is 0 Å². The number of benzene rings is 2. The molecule has 1 aliphatic carbocycles. The maximum atomic E-state index is 14.9. The fourth-order valence-electron chi connectivity index (χ4n) is 4.92. The predicted octanol–water partition coefficient (Wildman–Crippen LogP) is 4.19. The van der Waals surface area contributed by atoms with Crippen LogP contribution in [0.4, 0.5) is 14.6 Å². The first-order chi connectivity index (χ1) is 17.8. The van der Waals surface area contributed by atoms with E-state index in [0.717, 1.165) is 24.0 Å². The Morgan fingerprint density at radius 2 is 1.95 bits per heavy atom. The van der Waals surface area contributed by atoms with Crippen molar-refractivity contribution in [2.75, 3.05) is 25.5 Å². The zero-order valence-electron chi connectivity index (χ0n) is 21.1. The van der Waals surface area contributed by atoms with E-state index >= 15 is 0 Å². The summed E-state index contributed by atoms with van der Waals surface area (Å²) in [6.07, 6.45) is 2.68. The molecule has 9 heteroatoms. The average Bonchev–Trinajstić information content (AvgIpc) is 3.47. The number of hydrogen-bond donors (Lipinski definition) is 1. The number of carbonyl (C=O) groups excluding carboxylic acids is 1. The van der Waals surface area contributed by atoms with Gasteiger partial charge in [0.15, 0.2) is 5.82 Å². The number of anilines is 1. The van der Waals surface area contributed by atoms with Crippen LogP contribution in [-0.4, -0.2) is 58.7 Å².